The molecular formula is C20H21ClN4OS. The van der Waals surface area contributed by atoms with Gasteiger partial charge in [0, 0.05) is 36.9 Å². The number of benzene rings is 2. The number of amides is 1. The van der Waals surface area contributed by atoms with E-state index >= 15 is 0 Å². The highest BCUT2D eigenvalue weighted by Gasteiger charge is 2.20. The van der Waals surface area contributed by atoms with Crippen LogP contribution in [0, 0.1) is 0 Å². The highest BCUT2D eigenvalue weighted by molar-refractivity contribution is 7.18. The van der Waals surface area contributed by atoms with Crippen LogP contribution in [0.15, 0.2) is 48.5 Å². The summed E-state index contributed by atoms with van der Waals surface area (Å²) in [5, 5.41) is 4.69. The van der Waals surface area contributed by atoms with Crippen LogP contribution in [0.2, 0.25) is 5.02 Å². The van der Waals surface area contributed by atoms with Crippen molar-refractivity contribution in [2.75, 3.05) is 38.0 Å². The Hall–Kier alpha value is -1.99. The van der Waals surface area contributed by atoms with Crippen LogP contribution in [-0.4, -0.2) is 53.4 Å². The summed E-state index contributed by atoms with van der Waals surface area (Å²) >= 11 is 7.72. The fourth-order valence-corrected chi connectivity index (χ4v) is 4.45. The fourth-order valence-electron chi connectivity index (χ4n) is 3.25. The zero-order chi connectivity index (χ0) is 18.6. The van der Waals surface area contributed by atoms with Crippen LogP contribution in [-0.2, 0) is 11.3 Å². The summed E-state index contributed by atoms with van der Waals surface area (Å²) in [5.74, 6) is -0.00288. The molecule has 1 N–H and O–H groups in total. The summed E-state index contributed by atoms with van der Waals surface area (Å²) in [7, 11) is 0. The Morgan fingerprint density at radius 3 is 2.63 bits per heavy atom. The molecule has 0 radical (unpaired) electrons. The lowest BCUT2D eigenvalue weighted by molar-refractivity contribution is -0.117. The van der Waals surface area contributed by atoms with Crippen LogP contribution in [0.3, 0.4) is 0 Å². The number of para-hydroxylation sites is 1. The van der Waals surface area contributed by atoms with Gasteiger partial charge < -0.3 is 5.32 Å². The van der Waals surface area contributed by atoms with Crippen molar-refractivity contribution in [1.29, 1.82) is 0 Å². The van der Waals surface area contributed by atoms with Crippen molar-refractivity contribution in [3.05, 3.63) is 58.6 Å². The van der Waals surface area contributed by atoms with Crippen LogP contribution in [0.4, 0.5) is 5.69 Å². The molecule has 3 aromatic rings. The average molecular weight is 401 g/mol. The molecule has 0 bridgehead atoms. The second-order valence-corrected chi connectivity index (χ2v) is 8.24. The first-order chi connectivity index (χ1) is 13.2. The van der Waals surface area contributed by atoms with Crippen LogP contribution >= 0.6 is 22.9 Å². The third-order valence-corrected chi connectivity index (χ3v) is 5.89. The number of halogens is 1. The first kappa shape index (κ1) is 18.4. The van der Waals surface area contributed by atoms with Gasteiger partial charge in [-0.3, -0.25) is 14.6 Å². The monoisotopic (exact) mass is 400 g/mol. The van der Waals surface area contributed by atoms with Gasteiger partial charge in [0.25, 0.3) is 0 Å². The van der Waals surface area contributed by atoms with Crippen molar-refractivity contribution < 1.29 is 4.79 Å². The molecule has 0 unspecified atom stereocenters. The molecule has 1 aromatic heterocycles. The zero-order valence-electron chi connectivity index (χ0n) is 14.9. The van der Waals surface area contributed by atoms with Gasteiger partial charge >= 0.3 is 0 Å². The van der Waals surface area contributed by atoms with Crippen LogP contribution in [0.5, 0.6) is 0 Å². The number of thiazole rings is 1. The lowest BCUT2D eigenvalue weighted by Crippen LogP contribution is -2.48. The van der Waals surface area contributed by atoms with Crippen molar-refractivity contribution in [2.45, 2.75) is 6.54 Å². The molecule has 27 heavy (non-hydrogen) atoms. The third-order valence-electron chi connectivity index (χ3n) is 4.64. The van der Waals surface area contributed by atoms with E-state index in [1.807, 2.05) is 18.2 Å². The lowest BCUT2D eigenvalue weighted by atomic mass is 10.3. The maximum atomic E-state index is 12.2. The molecule has 4 rings (SSSR count). The maximum Gasteiger partial charge on any atom is 0.238 e. The zero-order valence-corrected chi connectivity index (χ0v) is 16.5. The van der Waals surface area contributed by atoms with Gasteiger partial charge in [-0.15, -0.1) is 11.3 Å². The van der Waals surface area contributed by atoms with E-state index in [4.69, 9.17) is 16.6 Å². The molecule has 0 saturated carbocycles. The minimum atomic E-state index is -0.00288. The van der Waals surface area contributed by atoms with Gasteiger partial charge in [0.05, 0.1) is 23.3 Å². The number of nitrogens with zero attached hydrogens (tertiary/aromatic N) is 3. The quantitative estimate of drug-likeness (QED) is 0.709. The van der Waals surface area contributed by atoms with Crippen LogP contribution < -0.4 is 5.32 Å². The van der Waals surface area contributed by atoms with Crippen molar-refractivity contribution in [2.24, 2.45) is 0 Å². The Morgan fingerprint density at radius 2 is 1.85 bits per heavy atom. The molecule has 1 amide bonds. The number of hydrogen-bond donors (Lipinski definition) is 1. The molecule has 7 heteroatoms. The van der Waals surface area contributed by atoms with E-state index in [-0.39, 0.29) is 5.91 Å². The average Bonchev–Trinajstić information content (AvgIpc) is 3.05. The fraction of sp³-hybridized carbons (Fsp3) is 0.300. The highest BCUT2D eigenvalue weighted by atomic mass is 35.5. The number of piperazine rings is 1. The maximum absolute atomic E-state index is 12.2. The SMILES string of the molecule is O=C(CN1CCN(Cc2nc3ccccc3s2)CC1)Nc1cccc(Cl)c1. The molecule has 140 valence electrons. The van der Waals surface area contributed by atoms with Crippen molar-refractivity contribution in [1.82, 2.24) is 14.8 Å². The smallest absolute Gasteiger partial charge is 0.238 e. The second-order valence-electron chi connectivity index (χ2n) is 6.69. The number of aromatic nitrogens is 1. The molecular weight excluding hydrogens is 380 g/mol. The van der Waals surface area contributed by atoms with E-state index in [9.17, 15) is 4.79 Å². The Balaban J connectivity index is 1.25. The molecule has 1 saturated heterocycles. The van der Waals surface area contributed by atoms with E-state index in [2.05, 4.69) is 33.3 Å². The molecule has 0 aliphatic carbocycles. The van der Waals surface area contributed by atoms with Crippen LogP contribution in [0.1, 0.15) is 5.01 Å². The largest absolute Gasteiger partial charge is 0.325 e. The van der Waals surface area contributed by atoms with E-state index in [0.717, 1.165) is 48.9 Å². The minimum absolute atomic E-state index is 0.00288. The number of carbonyl (C=O) groups excluding carboxylic acids is 1. The van der Waals surface area contributed by atoms with Gasteiger partial charge in [0.2, 0.25) is 5.91 Å². The standard InChI is InChI=1S/C20H21ClN4OS/c21-15-4-3-5-16(12-15)22-19(26)13-24-8-10-25(11-9-24)14-20-23-17-6-1-2-7-18(17)27-20/h1-7,12H,8-11,13-14H2,(H,22,26). The number of hydrogen-bond acceptors (Lipinski definition) is 5. The van der Waals surface area contributed by atoms with E-state index < -0.39 is 0 Å². The third kappa shape index (κ3) is 4.84. The van der Waals surface area contributed by atoms with Gasteiger partial charge in [0.15, 0.2) is 0 Å². The Labute approximate surface area is 167 Å². The molecule has 1 fully saturated rings. The van der Waals surface area contributed by atoms with E-state index in [1.54, 1.807) is 23.5 Å². The predicted octanol–water partition coefficient (Wildman–Crippen LogP) is 3.71. The first-order valence-corrected chi connectivity index (χ1v) is 10.2. The number of rotatable bonds is 5. The summed E-state index contributed by atoms with van der Waals surface area (Å²) < 4.78 is 1.24. The van der Waals surface area contributed by atoms with Crippen molar-refractivity contribution in [3.8, 4) is 0 Å². The summed E-state index contributed by atoms with van der Waals surface area (Å²) in [6, 6.07) is 15.5. The van der Waals surface area contributed by atoms with Gasteiger partial charge in [-0.25, -0.2) is 4.98 Å². The van der Waals surface area contributed by atoms with Crippen molar-refractivity contribution >= 4 is 44.7 Å². The minimum Gasteiger partial charge on any atom is -0.325 e. The number of anilines is 1. The van der Waals surface area contributed by atoms with Gasteiger partial charge in [-0.1, -0.05) is 29.8 Å². The van der Waals surface area contributed by atoms with E-state index in [0.29, 0.717) is 11.6 Å². The van der Waals surface area contributed by atoms with Gasteiger partial charge in [-0.2, -0.15) is 0 Å². The number of nitrogens with one attached hydrogen (secondary N) is 1. The molecule has 2 heterocycles. The predicted molar refractivity (Wildman–Crippen MR) is 111 cm³/mol. The lowest BCUT2D eigenvalue weighted by Gasteiger charge is -2.33. The topological polar surface area (TPSA) is 48.5 Å². The van der Waals surface area contributed by atoms with Crippen molar-refractivity contribution in [3.63, 3.8) is 0 Å². The normalized spacial score (nSPS) is 15.9. The van der Waals surface area contributed by atoms with E-state index in [1.165, 1.54) is 4.70 Å². The Bertz CT molecular complexity index is 903. The summed E-state index contributed by atoms with van der Waals surface area (Å²) in [6.07, 6.45) is 0. The van der Waals surface area contributed by atoms with Gasteiger partial charge in [-0.05, 0) is 30.3 Å². The molecule has 0 atom stereocenters. The second kappa shape index (κ2) is 8.35. The molecule has 2 aromatic carbocycles. The number of carbonyl (C=O) groups is 1. The summed E-state index contributed by atoms with van der Waals surface area (Å²) in [6.45, 7) is 4.94. The van der Waals surface area contributed by atoms with Crippen LogP contribution in [0.25, 0.3) is 10.2 Å². The Kier molecular flexibility index (Phi) is 5.69. The number of fused-ring (bicyclic) bond motifs is 1. The highest BCUT2D eigenvalue weighted by Crippen LogP contribution is 2.23. The molecule has 0 spiro atoms. The molecule has 5 nitrogen and oxygen atoms in total. The Morgan fingerprint density at radius 1 is 1.07 bits per heavy atom. The molecule has 1 aliphatic heterocycles. The first-order valence-electron chi connectivity index (χ1n) is 9.00. The molecule has 1 aliphatic rings. The van der Waals surface area contributed by atoms with Gasteiger partial charge in [0.1, 0.15) is 5.01 Å². The summed E-state index contributed by atoms with van der Waals surface area (Å²) in [5.41, 5.74) is 1.82. The summed E-state index contributed by atoms with van der Waals surface area (Å²) in [4.78, 5) is 21.6.